The van der Waals surface area contributed by atoms with Gasteiger partial charge >= 0.3 is 17.3 Å². The van der Waals surface area contributed by atoms with Crippen molar-refractivity contribution in [3.63, 3.8) is 0 Å². The van der Waals surface area contributed by atoms with Crippen LogP contribution in [0.3, 0.4) is 0 Å². The number of nitrogens with one attached hydrogen (secondary N) is 2. The van der Waals surface area contributed by atoms with Crippen LogP contribution in [0.25, 0.3) is 39.4 Å². The smallest absolute Gasteiger partial charge is 0.406 e. The van der Waals surface area contributed by atoms with Crippen molar-refractivity contribution in [1.82, 2.24) is 49.0 Å². The van der Waals surface area contributed by atoms with Crippen LogP contribution in [0, 0.1) is 34.8 Å². The summed E-state index contributed by atoms with van der Waals surface area (Å²) in [6.45, 7) is 8.33. The van der Waals surface area contributed by atoms with Gasteiger partial charge in [0.05, 0.1) is 31.1 Å². The Morgan fingerprint density at radius 2 is 1.05 bits per heavy atom. The highest BCUT2D eigenvalue weighted by Crippen LogP contribution is 2.17. The van der Waals surface area contributed by atoms with Crippen molar-refractivity contribution in [3.8, 4) is 5.69 Å². The van der Waals surface area contributed by atoms with E-state index in [1.165, 1.54) is 31.1 Å². The Morgan fingerprint density at radius 3 is 1.56 bits per heavy atom. The average Bonchev–Trinajstić information content (AvgIpc) is 3.99. The van der Waals surface area contributed by atoms with Gasteiger partial charge in [-0.15, -0.1) is 0 Å². The lowest BCUT2D eigenvalue weighted by molar-refractivity contribution is 0.282. The van der Waals surface area contributed by atoms with E-state index in [9.17, 15) is 24.0 Å². The lowest BCUT2D eigenvalue weighted by atomic mass is 10.2. The number of nitrogens with zero attached hydrogens (tertiary/aromatic N) is 8. The molecular weight excluding hydrogens is 1190 g/mol. The number of hydrogen-bond acceptors (Lipinski definition) is 14. The molecule has 0 amide bonds. The molecule has 0 saturated carbocycles. The SMILES string of the molecule is C.C.C.Cc1ccc2oc(=O)[nH]c2n1.Cc1ccc2oc(=O)n(Cc3cccc(-n4nc(C)ccc4=O)c3)c2n1.Cc1ccc2oc(=O)n(Cc3cccc(I)c3)c2n1.O=c1cccn[nH]1.OCc1cccc(I)c1. The molecule has 0 saturated heterocycles. The standard InChI is InChI=1S/C19H16N4O3.C14H11IN2O2.C7H7IO.C7H6N2O2.C4H4N2O.3CH4/c1-12-6-8-16-18(20-12)22(19(25)26-16)11-14-4-3-5-15(10-14)23-17(24)9-7-13(2)21-23;1-9-5-6-12-13(16-9)17(14(18)19-12)8-10-3-2-4-11(15)7-10;8-7-3-1-2-6(4-7)5-9;1-4-2-3-5-6(8-4)9-7(10)11-5;7-4-2-1-3-5-6-4;;;/h3-10H,11H2,1-2H3;2-7H,8H2,1H3;1-4,9H,5H2;2-3H,1H3,(H,8,9,10);1-3H,(H,6,7);3*1H4. The number of rotatable bonds is 6. The van der Waals surface area contributed by atoms with Crippen molar-refractivity contribution < 1.29 is 18.4 Å². The second-order valence-electron chi connectivity index (χ2n) is 15.7. The van der Waals surface area contributed by atoms with Crippen LogP contribution in [0.2, 0.25) is 0 Å². The summed E-state index contributed by atoms with van der Waals surface area (Å²) in [5, 5.41) is 18.6. The Kier molecular flexibility index (Phi) is 22.2. The number of H-pyrrole nitrogens is 2. The van der Waals surface area contributed by atoms with Crippen molar-refractivity contribution in [1.29, 1.82) is 0 Å². The zero-order valence-corrected chi connectivity index (χ0v) is 43.3. The number of hydrogen-bond donors (Lipinski definition) is 3. The normalized spacial score (nSPS) is 10.2. The van der Waals surface area contributed by atoms with Gasteiger partial charge in [0, 0.05) is 42.6 Å². The van der Waals surface area contributed by atoms with Gasteiger partial charge in [0.2, 0.25) is 0 Å². The molecule has 0 bridgehead atoms. The van der Waals surface area contributed by atoms with E-state index in [1.807, 2.05) is 100 Å². The maximum Gasteiger partial charge on any atom is 0.421 e. The molecule has 0 aliphatic rings. The number of fused-ring (bicyclic) bond motifs is 3. The molecule has 21 heteroatoms. The van der Waals surface area contributed by atoms with Gasteiger partial charge in [0.1, 0.15) is 0 Å². The Morgan fingerprint density at radius 1 is 0.547 bits per heavy atom. The van der Waals surface area contributed by atoms with Gasteiger partial charge in [-0.3, -0.25) is 23.7 Å². The van der Waals surface area contributed by atoms with Crippen molar-refractivity contribution in [2.75, 3.05) is 0 Å². The topological polar surface area (TPSA) is 256 Å². The molecule has 3 N–H and O–H groups in total. The predicted octanol–water partition coefficient (Wildman–Crippen LogP) is 9.44. The Bertz CT molecular complexity index is 3930. The molecule has 75 heavy (non-hydrogen) atoms. The van der Waals surface area contributed by atoms with Gasteiger partial charge in [-0.1, -0.05) is 58.7 Å². The third-order valence-electron chi connectivity index (χ3n) is 10.0. The van der Waals surface area contributed by atoms with Crippen molar-refractivity contribution in [2.24, 2.45) is 0 Å². The first-order valence-corrected chi connectivity index (χ1v) is 23.9. The molecule has 0 aliphatic carbocycles. The van der Waals surface area contributed by atoms with Crippen molar-refractivity contribution in [3.05, 3.63) is 239 Å². The van der Waals surface area contributed by atoms with Crippen LogP contribution in [0.15, 0.2) is 177 Å². The molecule has 0 aliphatic heterocycles. The van der Waals surface area contributed by atoms with Gasteiger partial charge in [-0.05, 0) is 174 Å². The second-order valence-corrected chi connectivity index (χ2v) is 18.2. The number of oxazole rings is 3. The van der Waals surface area contributed by atoms with E-state index in [-0.39, 0.29) is 52.3 Å². The van der Waals surface area contributed by atoms with E-state index in [4.69, 9.17) is 18.4 Å². The summed E-state index contributed by atoms with van der Waals surface area (Å²) in [6, 6.07) is 40.0. The minimum Gasteiger partial charge on any atom is -0.406 e. The van der Waals surface area contributed by atoms with Crippen molar-refractivity contribution >= 4 is 78.9 Å². The minimum absolute atomic E-state index is 0. The number of aromatic nitrogens is 10. The first-order chi connectivity index (χ1) is 34.6. The van der Waals surface area contributed by atoms with Crippen LogP contribution in [-0.2, 0) is 19.7 Å². The molecule has 0 spiro atoms. The summed E-state index contributed by atoms with van der Waals surface area (Å²) < 4.78 is 21.9. The summed E-state index contributed by atoms with van der Waals surface area (Å²) >= 11 is 4.47. The molecule has 0 radical (unpaired) electrons. The van der Waals surface area contributed by atoms with Crippen LogP contribution in [0.1, 0.15) is 61.7 Å². The van der Waals surface area contributed by atoms with Crippen LogP contribution in [0.4, 0.5) is 0 Å². The maximum absolute atomic E-state index is 12.2. The lowest BCUT2D eigenvalue weighted by Crippen LogP contribution is -2.21. The highest BCUT2D eigenvalue weighted by atomic mass is 127. The van der Waals surface area contributed by atoms with E-state index < -0.39 is 11.5 Å². The lowest BCUT2D eigenvalue weighted by Gasteiger charge is -2.08. The number of aryl methyl sites for hydroxylation is 4. The zero-order chi connectivity index (χ0) is 51.3. The molecule has 390 valence electrons. The number of pyridine rings is 3. The van der Waals surface area contributed by atoms with Gasteiger partial charge in [-0.25, -0.2) is 34.4 Å². The fourth-order valence-electron chi connectivity index (χ4n) is 6.72. The fraction of sp³-hybridized carbons (Fsp3) is 0.185. The molecule has 0 atom stereocenters. The van der Waals surface area contributed by atoms with Gasteiger partial charge in [0.25, 0.3) is 11.1 Å². The Hall–Kier alpha value is -7.90. The molecule has 19 nitrogen and oxygen atoms in total. The second kappa shape index (κ2) is 28.0. The van der Waals surface area contributed by atoms with E-state index in [0.29, 0.717) is 45.9 Å². The van der Waals surface area contributed by atoms with E-state index in [2.05, 4.69) is 80.4 Å². The molecule has 8 aromatic heterocycles. The third-order valence-corrected chi connectivity index (χ3v) is 11.4. The van der Waals surface area contributed by atoms with E-state index in [0.717, 1.165) is 43.0 Å². The molecule has 11 rings (SSSR count). The van der Waals surface area contributed by atoms with Crippen LogP contribution in [-0.4, -0.2) is 54.2 Å². The molecule has 3 aromatic carbocycles. The first-order valence-electron chi connectivity index (χ1n) is 21.8. The molecule has 0 fully saturated rings. The fourth-order valence-corrected chi connectivity index (χ4v) is 7.93. The van der Waals surface area contributed by atoms with Gasteiger partial charge in [0.15, 0.2) is 33.7 Å². The van der Waals surface area contributed by atoms with Crippen molar-refractivity contribution in [2.45, 2.75) is 69.7 Å². The number of aromatic amines is 2. The summed E-state index contributed by atoms with van der Waals surface area (Å²) in [5.74, 6) is -1.29. The van der Waals surface area contributed by atoms with Crippen LogP contribution in [0.5, 0.6) is 0 Å². The summed E-state index contributed by atoms with van der Waals surface area (Å²) in [6.07, 6.45) is 1.52. The number of benzene rings is 3. The van der Waals surface area contributed by atoms with Crippen LogP contribution < -0.4 is 28.4 Å². The van der Waals surface area contributed by atoms with E-state index in [1.54, 1.807) is 53.1 Å². The van der Waals surface area contributed by atoms with Gasteiger partial charge < -0.3 is 18.4 Å². The maximum atomic E-state index is 12.2. The zero-order valence-electron chi connectivity index (χ0n) is 38.9. The highest BCUT2D eigenvalue weighted by Gasteiger charge is 2.13. The molecular formula is C54H56I2N10O9. The quantitative estimate of drug-likeness (QED) is 0.131. The molecule has 11 aromatic rings. The largest absolute Gasteiger partial charge is 0.421 e. The molecule has 0 unspecified atom stereocenters. The number of halogens is 2. The first kappa shape index (κ1) is 59.7. The Balaban J connectivity index is 0.000000217. The Labute approximate surface area is 457 Å². The average molecular weight is 1240 g/mol. The number of aliphatic hydroxyl groups is 1. The third kappa shape index (κ3) is 16.6. The molecule has 8 heterocycles. The van der Waals surface area contributed by atoms with E-state index >= 15 is 0 Å². The minimum atomic E-state index is -0.464. The monoisotopic (exact) mass is 1240 g/mol. The highest BCUT2D eigenvalue weighted by molar-refractivity contribution is 14.1. The van der Waals surface area contributed by atoms with Gasteiger partial charge in [-0.2, -0.15) is 14.9 Å². The van der Waals surface area contributed by atoms with Crippen LogP contribution >= 0.6 is 45.2 Å². The summed E-state index contributed by atoms with van der Waals surface area (Å²) in [5.41, 5.74) is 9.50. The summed E-state index contributed by atoms with van der Waals surface area (Å²) in [7, 11) is 0. The predicted molar refractivity (Wildman–Crippen MR) is 307 cm³/mol. The number of aliphatic hydroxyl groups excluding tert-OH is 1. The summed E-state index contributed by atoms with van der Waals surface area (Å²) in [4.78, 5) is 72.3.